The van der Waals surface area contributed by atoms with Crippen LogP contribution in [0.25, 0.3) is 5.57 Å². The lowest BCUT2D eigenvalue weighted by atomic mass is 9.97. The van der Waals surface area contributed by atoms with Crippen molar-refractivity contribution in [2.24, 2.45) is 0 Å². The van der Waals surface area contributed by atoms with E-state index in [9.17, 15) is 4.79 Å². The van der Waals surface area contributed by atoms with Gasteiger partial charge in [0.05, 0.1) is 13.7 Å². The molecule has 0 saturated carbocycles. The van der Waals surface area contributed by atoms with E-state index >= 15 is 0 Å². The Labute approximate surface area is 215 Å². The van der Waals surface area contributed by atoms with Crippen LogP contribution in [0.15, 0.2) is 91.0 Å². The number of rotatable bonds is 9. The van der Waals surface area contributed by atoms with Gasteiger partial charge in [-0.25, -0.2) is 0 Å². The summed E-state index contributed by atoms with van der Waals surface area (Å²) in [4.78, 5) is 19.9. The molecular weight excluding hydrogens is 446 g/mol. The van der Waals surface area contributed by atoms with Crippen LogP contribution in [0.2, 0.25) is 0 Å². The van der Waals surface area contributed by atoms with E-state index in [0.717, 1.165) is 37.5 Å². The minimum Gasteiger partial charge on any atom is -0.497 e. The van der Waals surface area contributed by atoms with Crippen molar-refractivity contribution in [3.63, 3.8) is 0 Å². The van der Waals surface area contributed by atoms with Crippen LogP contribution in [-0.4, -0.2) is 74.0 Å². The molecule has 4 rings (SSSR count). The maximum Gasteiger partial charge on any atom is 0.236 e. The molecule has 3 aromatic rings. The Balaban J connectivity index is 1.62. The average molecular weight is 484 g/mol. The van der Waals surface area contributed by atoms with Gasteiger partial charge < -0.3 is 14.5 Å². The van der Waals surface area contributed by atoms with Gasteiger partial charge in [0.15, 0.2) is 0 Å². The summed E-state index contributed by atoms with van der Waals surface area (Å²) in [5, 5.41) is 0. The van der Waals surface area contributed by atoms with Crippen molar-refractivity contribution >= 4 is 11.5 Å². The minimum absolute atomic E-state index is 0.0661. The largest absolute Gasteiger partial charge is 0.497 e. The van der Waals surface area contributed by atoms with Crippen LogP contribution in [0.5, 0.6) is 5.75 Å². The summed E-state index contributed by atoms with van der Waals surface area (Å²) in [5.41, 5.74) is 4.68. The maximum absolute atomic E-state index is 13.4. The molecule has 5 nitrogen and oxygen atoms in total. The summed E-state index contributed by atoms with van der Waals surface area (Å²) >= 11 is 0. The fourth-order valence-electron chi connectivity index (χ4n) is 4.63. The summed E-state index contributed by atoms with van der Waals surface area (Å²) in [6, 6.07) is 29.2. The van der Waals surface area contributed by atoms with E-state index in [1.165, 1.54) is 16.7 Å². The Hall–Kier alpha value is -3.41. The van der Waals surface area contributed by atoms with E-state index in [2.05, 4.69) is 90.5 Å². The Morgan fingerprint density at radius 3 is 1.97 bits per heavy atom. The zero-order valence-corrected chi connectivity index (χ0v) is 21.6. The molecule has 1 aliphatic heterocycles. The van der Waals surface area contributed by atoms with Gasteiger partial charge in [0, 0.05) is 38.8 Å². The number of hydrogen-bond donors (Lipinski definition) is 0. The second-order valence-corrected chi connectivity index (χ2v) is 9.41. The molecule has 1 aliphatic rings. The van der Waals surface area contributed by atoms with Crippen molar-refractivity contribution in [3.8, 4) is 5.75 Å². The van der Waals surface area contributed by atoms with Crippen LogP contribution >= 0.6 is 0 Å². The van der Waals surface area contributed by atoms with Crippen LogP contribution in [0.3, 0.4) is 0 Å². The van der Waals surface area contributed by atoms with Crippen molar-refractivity contribution < 1.29 is 9.53 Å². The number of amides is 1. The topological polar surface area (TPSA) is 36.0 Å². The van der Waals surface area contributed by atoms with Crippen molar-refractivity contribution in [2.45, 2.75) is 13.0 Å². The van der Waals surface area contributed by atoms with Gasteiger partial charge in [-0.1, -0.05) is 78.9 Å². The number of hydrogen-bond acceptors (Lipinski definition) is 4. The van der Waals surface area contributed by atoms with E-state index in [-0.39, 0.29) is 11.9 Å². The highest BCUT2D eigenvalue weighted by Crippen LogP contribution is 2.26. The van der Waals surface area contributed by atoms with Gasteiger partial charge >= 0.3 is 0 Å². The Morgan fingerprint density at radius 2 is 1.44 bits per heavy atom. The van der Waals surface area contributed by atoms with Crippen molar-refractivity contribution in [1.82, 2.24) is 14.7 Å². The molecule has 1 saturated heterocycles. The van der Waals surface area contributed by atoms with Gasteiger partial charge in [-0.05, 0) is 48.4 Å². The quantitative estimate of drug-likeness (QED) is 0.431. The molecule has 0 spiro atoms. The van der Waals surface area contributed by atoms with Crippen LogP contribution in [0, 0.1) is 0 Å². The summed E-state index contributed by atoms with van der Waals surface area (Å²) in [6.07, 6.45) is 2.27. The molecule has 3 aromatic carbocycles. The van der Waals surface area contributed by atoms with Crippen LogP contribution < -0.4 is 4.74 Å². The third kappa shape index (κ3) is 6.62. The van der Waals surface area contributed by atoms with E-state index in [0.29, 0.717) is 13.1 Å². The highest BCUT2D eigenvalue weighted by atomic mass is 16.5. The van der Waals surface area contributed by atoms with Crippen molar-refractivity contribution in [3.05, 3.63) is 108 Å². The number of methoxy groups -OCH3 is 1. The molecule has 0 unspecified atom stereocenters. The van der Waals surface area contributed by atoms with Gasteiger partial charge in [0.2, 0.25) is 5.91 Å². The van der Waals surface area contributed by atoms with Gasteiger partial charge in [0.1, 0.15) is 5.75 Å². The second kappa shape index (κ2) is 12.5. The average Bonchev–Trinajstić information content (AvgIpc) is 2.93. The summed E-state index contributed by atoms with van der Waals surface area (Å²) in [5.74, 6) is 1.03. The van der Waals surface area contributed by atoms with E-state index in [4.69, 9.17) is 4.74 Å². The fourth-order valence-corrected chi connectivity index (χ4v) is 4.63. The molecule has 36 heavy (non-hydrogen) atoms. The zero-order valence-electron chi connectivity index (χ0n) is 21.6. The van der Waals surface area contributed by atoms with Gasteiger partial charge in [0.25, 0.3) is 0 Å². The molecule has 1 atom stereocenters. The molecule has 0 N–H and O–H groups in total. The summed E-state index contributed by atoms with van der Waals surface area (Å²) in [6.45, 7) is 6.63. The normalized spacial score (nSPS) is 14.9. The molecule has 188 valence electrons. The van der Waals surface area contributed by atoms with Gasteiger partial charge in [-0.15, -0.1) is 0 Å². The molecule has 1 fully saturated rings. The Bertz CT molecular complexity index is 1080. The van der Waals surface area contributed by atoms with Gasteiger partial charge in [-0.3, -0.25) is 9.69 Å². The first kappa shape index (κ1) is 25.7. The van der Waals surface area contributed by atoms with E-state index in [1.807, 2.05) is 29.2 Å². The first-order chi connectivity index (χ1) is 17.5. The summed E-state index contributed by atoms with van der Waals surface area (Å²) in [7, 11) is 3.79. The number of carbonyl (C=O) groups excluding carboxylic acids is 1. The van der Waals surface area contributed by atoms with Gasteiger partial charge in [-0.2, -0.15) is 0 Å². The first-order valence-electron chi connectivity index (χ1n) is 12.7. The number of likely N-dealkylation sites (N-methyl/N-ethyl adjacent to an activating group) is 1. The van der Waals surface area contributed by atoms with Crippen LogP contribution in [0.4, 0.5) is 0 Å². The fraction of sp³-hybridized carbons (Fsp3) is 0.323. The standard InChI is InChI=1S/C31H37N3O2/c1-25(26-14-16-29(36-3)17-15-26)34(24-31(35)33-22-20-32(2)21-23-33)19-18-30(27-10-6-4-7-11-27)28-12-8-5-9-13-28/h4-18,25H,19-24H2,1-3H3/t25-/m1/s1. The molecule has 1 amide bonds. The number of piperazine rings is 1. The highest BCUT2D eigenvalue weighted by molar-refractivity contribution is 5.80. The number of carbonyl (C=O) groups is 1. The zero-order chi connectivity index (χ0) is 25.3. The van der Waals surface area contributed by atoms with E-state index < -0.39 is 0 Å². The third-order valence-electron chi connectivity index (χ3n) is 7.04. The highest BCUT2D eigenvalue weighted by Gasteiger charge is 2.24. The molecule has 0 radical (unpaired) electrons. The molecule has 0 aliphatic carbocycles. The number of nitrogens with zero attached hydrogens (tertiary/aromatic N) is 3. The van der Waals surface area contributed by atoms with E-state index in [1.54, 1.807) is 7.11 Å². The second-order valence-electron chi connectivity index (χ2n) is 9.41. The molecule has 0 aromatic heterocycles. The lowest BCUT2D eigenvalue weighted by molar-refractivity contribution is -0.134. The lowest BCUT2D eigenvalue weighted by Gasteiger charge is -2.35. The maximum atomic E-state index is 13.4. The summed E-state index contributed by atoms with van der Waals surface area (Å²) < 4.78 is 5.35. The first-order valence-corrected chi connectivity index (χ1v) is 12.7. The number of ether oxygens (including phenoxy) is 1. The molecule has 5 heteroatoms. The lowest BCUT2D eigenvalue weighted by Crippen LogP contribution is -2.50. The van der Waals surface area contributed by atoms with Crippen molar-refractivity contribution in [2.75, 3.05) is 53.4 Å². The molecule has 0 bridgehead atoms. The van der Waals surface area contributed by atoms with Crippen molar-refractivity contribution in [1.29, 1.82) is 0 Å². The Kier molecular flexibility index (Phi) is 8.93. The smallest absolute Gasteiger partial charge is 0.236 e. The monoisotopic (exact) mass is 483 g/mol. The minimum atomic E-state index is 0.0661. The Morgan fingerprint density at radius 1 is 0.889 bits per heavy atom. The third-order valence-corrected chi connectivity index (χ3v) is 7.04. The van der Waals surface area contributed by atoms with Crippen LogP contribution in [-0.2, 0) is 4.79 Å². The predicted octanol–water partition coefficient (Wildman–Crippen LogP) is 4.96. The molecule has 1 heterocycles. The number of benzene rings is 3. The predicted molar refractivity (Wildman–Crippen MR) is 147 cm³/mol. The van der Waals surface area contributed by atoms with Crippen LogP contribution in [0.1, 0.15) is 29.7 Å². The molecular formula is C31H37N3O2. The SMILES string of the molecule is COc1ccc([C@@H](C)N(CC=C(c2ccccc2)c2ccccc2)CC(=O)N2CCN(C)CC2)cc1.